The Morgan fingerprint density at radius 2 is 2.12 bits per heavy atom. The molecule has 1 spiro atoms. The fourth-order valence-electron chi connectivity index (χ4n) is 5.41. The first-order valence-electron chi connectivity index (χ1n) is 11.3. The summed E-state index contributed by atoms with van der Waals surface area (Å²) in [4.78, 5) is 16.8. The van der Waals surface area contributed by atoms with Crippen LogP contribution in [0.15, 0.2) is 30.5 Å². The number of hydrogen-bond acceptors (Lipinski definition) is 6. The molecule has 2 fully saturated rings. The highest BCUT2D eigenvalue weighted by molar-refractivity contribution is 5.88. The van der Waals surface area contributed by atoms with E-state index >= 15 is 0 Å². The number of hydrogen-bond donors (Lipinski definition) is 2. The quantitative estimate of drug-likeness (QED) is 0.516. The zero-order valence-corrected chi connectivity index (χ0v) is 18.5. The summed E-state index contributed by atoms with van der Waals surface area (Å²) in [7, 11) is 1.83. The lowest BCUT2D eigenvalue weighted by Crippen LogP contribution is -2.25. The molecule has 2 aliphatic carbocycles. The number of pyridine rings is 1. The van der Waals surface area contributed by atoms with E-state index < -0.39 is 0 Å². The van der Waals surface area contributed by atoms with Crippen molar-refractivity contribution in [2.45, 2.75) is 38.6 Å². The van der Waals surface area contributed by atoms with Crippen molar-refractivity contribution in [2.75, 3.05) is 30.4 Å². The van der Waals surface area contributed by atoms with Gasteiger partial charge in [0.25, 0.3) is 0 Å². The van der Waals surface area contributed by atoms with Crippen LogP contribution < -0.4 is 16.0 Å². The van der Waals surface area contributed by atoms with Crippen LogP contribution in [0.5, 0.6) is 0 Å². The predicted molar refractivity (Wildman–Crippen MR) is 123 cm³/mol. The Bertz CT molecular complexity index is 1220. The number of aromatic nitrogens is 3. The van der Waals surface area contributed by atoms with Gasteiger partial charge in [-0.2, -0.15) is 0 Å². The van der Waals surface area contributed by atoms with Crippen LogP contribution in [-0.4, -0.2) is 41.1 Å². The highest BCUT2D eigenvalue weighted by atomic mass is 19.1. The molecule has 1 saturated heterocycles. The fourth-order valence-corrected chi connectivity index (χ4v) is 5.41. The van der Waals surface area contributed by atoms with Crippen LogP contribution in [0.25, 0.3) is 11.1 Å². The van der Waals surface area contributed by atoms with Crippen LogP contribution in [-0.2, 0) is 12.8 Å². The van der Waals surface area contributed by atoms with Gasteiger partial charge in [-0.25, -0.2) is 14.4 Å². The van der Waals surface area contributed by atoms with Gasteiger partial charge in [0.05, 0.1) is 5.69 Å². The molecule has 2 atom stereocenters. The monoisotopic (exact) mass is 430 g/mol. The third kappa shape index (κ3) is 3.06. The van der Waals surface area contributed by atoms with Gasteiger partial charge in [-0.05, 0) is 54.7 Å². The van der Waals surface area contributed by atoms with Crippen LogP contribution in [0, 0.1) is 18.2 Å². The van der Waals surface area contributed by atoms with Crippen molar-refractivity contribution in [3.8, 4) is 11.1 Å². The molecule has 7 heteroatoms. The van der Waals surface area contributed by atoms with E-state index in [1.165, 1.54) is 0 Å². The molecule has 164 valence electrons. The molecule has 0 bridgehead atoms. The van der Waals surface area contributed by atoms with E-state index in [-0.39, 0.29) is 17.3 Å². The summed E-state index contributed by atoms with van der Waals surface area (Å²) in [5.74, 6) is 1.46. The molecule has 1 aromatic carbocycles. The number of rotatable bonds is 4. The Balaban J connectivity index is 1.46. The first-order valence-corrected chi connectivity index (χ1v) is 11.3. The molecular formula is C25H27FN6. The lowest BCUT2D eigenvalue weighted by Gasteiger charge is -2.22. The largest absolute Gasteiger partial charge is 0.388 e. The normalized spacial score (nSPS) is 22.9. The summed E-state index contributed by atoms with van der Waals surface area (Å²) in [6, 6.07) is 7.56. The van der Waals surface area contributed by atoms with E-state index in [1.807, 2.05) is 26.2 Å². The van der Waals surface area contributed by atoms with Crippen molar-refractivity contribution in [3.05, 3.63) is 64.6 Å². The number of fused-ring (bicyclic) bond motifs is 3. The zero-order chi connectivity index (χ0) is 22.0. The maximum atomic E-state index is 14.5. The minimum absolute atomic E-state index is 0.221. The van der Waals surface area contributed by atoms with E-state index in [0.717, 1.165) is 76.9 Å². The summed E-state index contributed by atoms with van der Waals surface area (Å²) in [5, 5.41) is 3.15. The van der Waals surface area contributed by atoms with Crippen LogP contribution in [0.4, 0.5) is 15.9 Å². The van der Waals surface area contributed by atoms with E-state index in [1.54, 1.807) is 12.1 Å². The molecule has 3 aromatic rings. The van der Waals surface area contributed by atoms with Gasteiger partial charge in [-0.15, -0.1) is 0 Å². The minimum Gasteiger partial charge on any atom is -0.388 e. The SMILES string of the molecule is CNc1cc(F)cc2c1Cc1nc(Cc3ccc(C)nc3)nc(N3CC[C@@]4(C[C@H]4N)C3)c1-2. The van der Waals surface area contributed by atoms with E-state index in [4.69, 9.17) is 15.7 Å². The molecule has 3 N–H and O–H groups in total. The maximum absolute atomic E-state index is 14.5. The van der Waals surface area contributed by atoms with Crippen LogP contribution in [0.2, 0.25) is 0 Å². The van der Waals surface area contributed by atoms with E-state index in [0.29, 0.717) is 12.8 Å². The van der Waals surface area contributed by atoms with Crippen molar-refractivity contribution >= 4 is 11.5 Å². The summed E-state index contributed by atoms with van der Waals surface area (Å²) >= 11 is 0. The summed E-state index contributed by atoms with van der Waals surface area (Å²) < 4.78 is 14.5. The van der Waals surface area contributed by atoms with Gasteiger partial charge >= 0.3 is 0 Å². The highest BCUT2D eigenvalue weighted by Gasteiger charge is 2.56. The van der Waals surface area contributed by atoms with E-state index in [2.05, 4.69) is 21.3 Å². The van der Waals surface area contributed by atoms with E-state index in [9.17, 15) is 4.39 Å². The van der Waals surface area contributed by atoms with Gasteiger partial charge in [0.15, 0.2) is 0 Å². The molecule has 1 aliphatic heterocycles. The first-order chi connectivity index (χ1) is 15.5. The second-order valence-corrected chi connectivity index (χ2v) is 9.52. The number of nitrogens with zero attached hydrogens (tertiary/aromatic N) is 4. The summed E-state index contributed by atoms with van der Waals surface area (Å²) in [6.07, 6.45) is 5.35. The molecule has 0 unspecified atom stereocenters. The average Bonchev–Trinajstić information content (AvgIpc) is 3.10. The second-order valence-electron chi connectivity index (χ2n) is 9.52. The molecule has 0 radical (unpaired) electrons. The Labute approximate surface area is 187 Å². The van der Waals surface area contributed by atoms with Gasteiger partial charge in [0, 0.05) is 67.6 Å². The Morgan fingerprint density at radius 3 is 2.81 bits per heavy atom. The molecule has 1 saturated carbocycles. The van der Waals surface area contributed by atoms with Gasteiger partial charge < -0.3 is 16.0 Å². The zero-order valence-electron chi connectivity index (χ0n) is 18.5. The molecular weight excluding hydrogens is 403 g/mol. The number of nitrogens with one attached hydrogen (secondary N) is 1. The van der Waals surface area contributed by atoms with Gasteiger partial charge in [-0.3, -0.25) is 4.98 Å². The minimum atomic E-state index is -0.246. The first kappa shape index (κ1) is 19.6. The van der Waals surface area contributed by atoms with Crippen molar-refractivity contribution < 1.29 is 4.39 Å². The lowest BCUT2D eigenvalue weighted by molar-refractivity contribution is 0.553. The molecule has 3 heterocycles. The number of halogens is 1. The van der Waals surface area contributed by atoms with Gasteiger partial charge in [-0.1, -0.05) is 6.07 Å². The summed E-state index contributed by atoms with van der Waals surface area (Å²) in [6.45, 7) is 3.81. The van der Waals surface area contributed by atoms with Gasteiger partial charge in [0.2, 0.25) is 0 Å². The van der Waals surface area contributed by atoms with Gasteiger partial charge in [0.1, 0.15) is 17.5 Å². The standard InChI is InChI=1S/C25H27FN6/c1-14-3-4-15(12-29-14)7-22-30-20-10-17-18(8-16(26)9-19(17)28-2)23(20)24(31-22)32-6-5-25(13-32)11-21(25)27/h3-4,8-9,12,21,28H,5-7,10-11,13,27H2,1-2H3/t21-,25-/m1/s1. The molecule has 2 aromatic heterocycles. The fraction of sp³-hybridized carbons (Fsp3) is 0.400. The maximum Gasteiger partial charge on any atom is 0.140 e. The second kappa shape index (κ2) is 6.97. The van der Waals surface area contributed by atoms with Crippen molar-refractivity contribution in [1.29, 1.82) is 0 Å². The van der Waals surface area contributed by atoms with Crippen LogP contribution >= 0.6 is 0 Å². The molecule has 6 rings (SSSR count). The molecule has 0 amide bonds. The Kier molecular flexibility index (Phi) is 4.27. The van der Waals surface area contributed by atoms with Crippen molar-refractivity contribution in [3.63, 3.8) is 0 Å². The lowest BCUT2D eigenvalue weighted by atomic mass is 10.0. The Morgan fingerprint density at radius 1 is 1.28 bits per heavy atom. The molecule has 6 nitrogen and oxygen atoms in total. The number of nitrogens with two attached hydrogens (primary N) is 1. The van der Waals surface area contributed by atoms with Crippen LogP contribution in [0.1, 0.15) is 41.2 Å². The molecule has 32 heavy (non-hydrogen) atoms. The highest BCUT2D eigenvalue weighted by Crippen LogP contribution is 2.54. The third-order valence-electron chi connectivity index (χ3n) is 7.38. The molecule has 3 aliphatic rings. The average molecular weight is 431 g/mol. The topological polar surface area (TPSA) is 80.0 Å². The number of aryl methyl sites for hydroxylation is 1. The van der Waals surface area contributed by atoms with Crippen molar-refractivity contribution in [2.24, 2.45) is 11.1 Å². The number of benzene rings is 1. The third-order valence-corrected chi connectivity index (χ3v) is 7.38. The summed E-state index contributed by atoms with van der Waals surface area (Å²) in [5.41, 5.74) is 13.3. The number of anilines is 2. The van der Waals surface area contributed by atoms with Crippen molar-refractivity contribution in [1.82, 2.24) is 15.0 Å². The predicted octanol–water partition coefficient (Wildman–Crippen LogP) is 3.45. The smallest absolute Gasteiger partial charge is 0.140 e. The Hall–Kier alpha value is -3.06. The van der Waals surface area contributed by atoms with Crippen LogP contribution in [0.3, 0.4) is 0 Å².